The Bertz CT molecular complexity index is 1050. The first-order valence-corrected chi connectivity index (χ1v) is 14.3. The number of aryl methyl sites for hydroxylation is 1. The summed E-state index contributed by atoms with van der Waals surface area (Å²) in [6.07, 6.45) is 0.479. The molecule has 5 N–H and O–H groups in total. The third-order valence-electron chi connectivity index (χ3n) is 5.31. The van der Waals surface area contributed by atoms with Crippen LogP contribution >= 0.6 is 0 Å². The highest BCUT2D eigenvalue weighted by Gasteiger charge is 2.22. The van der Waals surface area contributed by atoms with Crippen molar-refractivity contribution >= 4 is 39.5 Å². The number of carbonyl (C=O) groups excluding carboxylic acids is 4. The van der Waals surface area contributed by atoms with E-state index in [0.717, 1.165) is 0 Å². The van der Waals surface area contributed by atoms with Crippen molar-refractivity contribution in [3.63, 3.8) is 0 Å². The maximum atomic E-state index is 12.0. The number of aliphatic carboxylic acids is 1. The second kappa shape index (κ2) is 19.5. The standard InChI is InChI=1S/C22H37N7O10S/c1-23-19(31)8-7-16(22(34)35)14-17(30)15-39-12-11-38-10-9-24-20(32)6-3-13-40(36,37)27-21(33)5-2-4-18-25-28-29-26-18/h16H,2-15H2,1H3,(H,23,31)(H,24,32)(H,27,33)(H,34,35)(H,25,26,28,29)/t16-/m1/s1. The Balaban J connectivity index is 2.05. The molecule has 0 radical (unpaired) electrons. The minimum atomic E-state index is -3.86. The van der Waals surface area contributed by atoms with E-state index in [2.05, 4.69) is 31.3 Å². The quantitative estimate of drug-likeness (QED) is 0.0872. The van der Waals surface area contributed by atoms with Crippen LogP contribution in [-0.2, 0) is 49.9 Å². The summed E-state index contributed by atoms with van der Waals surface area (Å²) < 4.78 is 36.4. The molecule has 1 heterocycles. The van der Waals surface area contributed by atoms with Crippen molar-refractivity contribution < 1.29 is 47.0 Å². The zero-order valence-electron chi connectivity index (χ0n) is 22.3. The molecule has 17 nitrogen and oxygen atoms in total. The van der Waals surface area contributed by atoms with Gasteiger partial charge in [0.2, 0.25) is 27.7 Å². The summed E-state index contributed by atoms with van der Waals surface area (Å²) in [6.45, 7) is 0.258. The third kappa shape index (κ3) is 17.2. The van der Waals surface area contributed by atoms with Gasteiger partial charge in [-0.2, -0.15) is 5.21 Å². The lowest BCUT2D eigenvalue weighted by molar-refractivity contribution is -0.144. The van der Waals surface area contributed by atoms with Crippen LogP contribution in [0.3, 0.4) is 0 Å². The van der Waals surface area contributed by atoms with E-state index in [1.54, 1.807) is 0 Å². The first kappa shape index (κ1) is 34.5. The number of carbonyl (C=O) groups is 5. The lowest BCUT2D eigenvalue weighted by atomic mass is 9.97. The number of nitrogens with zero attached hydrogens (tertiary/aromatic N) is 3. The molecule has 40 heavy (non-hydrogen) atoms. The molecule has 1 rings (SSSR count). The van der Waals surface area contributed by atoms with Gasteiger partial charge in [-0.05, 0) is 19.3 Å². The largest absolute Gasteiger partial charge is 0.481 e. The van der Waals surface area contributed by atoms with E-state index in [0.29, 0.717) is 18.7 Å². The summed E-state index contributed by atoms with van der Waals surface area (Å²) >= 11 is 0. The zero-order chi connectivity index (χ0) is 29.8. The molecule has 0 bridgehead atoms. The van der Waals surface area contributed by atoms with Gasteiger partial charge in [0.25, 0.3) is 0 Å². The van der Waals surface area contributed by atoms with Gasteiger partial charge in [-0.3, -0.25) is 28.7 Å². The monoisotopic (exact) mass is 591 g/mol. The van der Waals surface area contributed by atoms with E-state index < -0.39 is 33.6 Å². The summed E-state index contributed by atoms with van der Waals surface area (Å²) in [7, 11) is -2.42. The Morgan fingerprint density at radius 3 is 2.38 bits per heavy atom. The fourth-order valence-corrected chi connectivity index (χ4v) is 4.30. The van der Waals surface area contributed by atoms with Crippen LogP contribution in [0.1, 0.15) is 50.8 Å². The molecule has 1 aromatic heterocycles. The Labute approximate surface area is 231 Å². The number of carboxylic acid groups (broad SMARTS) is 1. The van der Waals surface area contributed by atoms with Crippen molar-refractivity contribution in [3.05, 3.63) is 5.82 Å². The van der Waals surface area contributed by atoms with Gasteiger partial charge in [0.1, 0.15) is 6.61 Å². The number of amides is 3. The normalized spacial score (nSPS) is 11.9. The Kier molecular flexibility index (Phi) is 16.9. The zero-order valence-corrected chi connectivity index (χ0v) is 23.2. The number of ether oxygens (including phenoxy) is 2. The third-order valence-corrected chi connectivity index (χ3v) is 6.67. The smallest absolute Gasteiger partial charge is 0.306 e. The molecule has 1 aromatic rings. The fourth-order valence-electron chi connectivity index (χ4n) is 3.23. The average molecular weight is 592 g/mol. The molecule has 0 fully saturated rings. The second-order valence-electron chi connectivity index (χ2n) is 8.63. The number of H-pyrrole nitrogens is 1. The molecule has 0 saturated carbocycles. The number of hydrogen-bond acceptors (Lipinski definition) is 12. The molecule has 18 heteroatoms. The minimum Gasteiger partial charge on any atom is -0.481 e. The van der Waals surface area contributed by atoms with Crippen molar-refractivity contribution in [2.45, 2.75) is 51.4 Å². The van der Waals surface area contributed by atoms with E-state index in [1.165, 1.54) is 7.05 Å². The molecule has 226 valence electrons. The van der Waals surface area contributed by atoms with E-state index in [4.69, 9.17) is 9.47 Å². The summed E-state index contributed by atoms with van der Waals surface area (Å²) in [6, 6.07) is 0. The van der Waals surface area contributed by atoms with Crippen molar-refractivity contribution in [2.24, 2.45) is 5.92 Å². The Morgan fingerprint density at radius 1 is 0.975 bits per heavy atom. The van der Waals surface area contributed by atoms with Crippen LogP contribution in [-0.4, -0.2) is 109 Å². The average Bonchev–Trinajstić information content (AvgIpc) is 3.40. The molecular weight excluding hydrogens is 554 g/mol. The van der Waals surface area contributed by atoms with Crippen LogP contribution in [0.15, 0.2) is 0 Å². The Morgan fingerprint density at radius 2 is 1.70 bits per heavy atom. The van der Waals surface area contributed by atoms with Crippen molar-refractivity contribution in [1.82, 2.24) is 36.0 Å². The maximum Gasteiger partial charge on any atom is 0.306 e. The van der Waals surface area contributed by atoms with Gasteiger partial charge in [0, 0.05) is 45.7 Å². The molecular formula is C22H37N7O10S. The number of hydrogen-bond donors (Lipinski definition) is 5. The molecule has 0 aliphatic rings. The number of sulfonamides is 1. The molecule has 0 aromatic carbocycles. The number of tetrazole rings is 1. The number of nitrogens with one attached hydrogen (secondary N) is 4. The number of ketones is 1. The van der Waals surface area contributed by atoms with Gasteiger partial charge in [-0.25, -0.2) is 8.42 Å². The van der Waals surface area contributed by atoms with Crippen LogP contribution in [0.4, 0.5) is 0 Å². The van der Waals surface area contributed by atoms with Gasteiger partial charge >= 0.3 is 5.97 Å². The number of carboxylic acids is 1. The van der Waals surface area contributed by atoms with Crippen LogP contribution in [0.5, 0.6) is 0 Å². The lowest BCUT2D eigenvalue weighted by Crippen LogP contribution is -2.33. The van der Waals surface area contributed by atoms with Crippen molar-refractivity contribution in [2.75, 3.05) is 45.8 Å². The highest BCUT2D eigenvalue weighted by molar-refractivity contribution is 7.90. The van der Waals surface area contributed by atoms with E-state index in [-0.39, 0.29) is 89.1 Å². The van der Waals surface area contributed by atoms with Gasteiger partial charge < -0.3 is 25.2 Å². The van der Waals surface area contributed by atoms with Crippen LogP contribution < -0.4 is 15.4 Å². The highest BCUT2D eigenvalue weighted by Crippen LogP contribution is 2.12. The minimum absolute atomic E-state index is 0.00837. The van der Waals surface area contributed by atoms with Gasteiger partial charge in [0.05, 0.1) is 31.5 Å². The van der Waals surface area contributed by atoms with Crippen molar-refractivity contribution in [1.29, 1.82) is 0 Å². The number of rotatable bonds is 23. The summed E-state index contributed by atoms with van der Waals surface area (Å²) in [5.41, 5.74) is 0. The van der Waals surface area contributed by atoms with Crippen LogP contribution in [0.2, 0.25) is 0 Å². The molecule has 0 unspecified atom stereocenters. The van der Waals surface area contributed by atoms with E-state index in [1.807, 2.05) is 4.72 Å². The van der Waals surface area contributed by atoms with E-state index >= 15 is 0 Å². The van der Waals surface area contributed by atoms with Crippen LogP contribution in [0.25, 0.3) is 0 Å². The fraction of sp³-hybridized carbons (Fsp3) is 0.727. The van der Waals surface area contributed by atoms with Gasteiger partial charge in [-0.15, -0.1) is 10.2 Å². The van der Waals surface area contributed by atoms with Gasteiger partial charge in [0.15, 0.2) is 11.6 Å². The second-order valence-corrected chi connectivity index (χ2v) is 10.5. The Hall–Kier alpha value is -3.51. The van der Waals surface area contributed by atoms with Gasteiger partial charge in [-0.1, -0.05) is 5.21 Å². The predicted molar refractivity (Wildman–Crippen MR) is 137 cm³/mol. The van der Waals surface area contributed by atoms with E-state index in [9.17, 15) is 37.5 Å². The first-order chi connectivity index (χ1) is 19.0. The summed E-state index contributed by atoms with van der Waals surface area (Å²) in [5.74, 6) is -3.82. The predicted octanol–water partition coefficient (Wildman–Crippen LogP) is -1.92. The molecule has 1 atom stereocenters. The summed E-state index contributed by atoms with van der Waals surface area (Å²) in [4.78, 5) is 58.1. The van der Waals surface area contributed by atoms with Crippen molar-refractivity contribution in [3.8, 4) is 0 Å². The maximum absolute atomic E-state index is 12.0. The molecule has 0 spiro atoms. The summed E-state index contributed by atoms with van der Waals surface area (Å²) in [5, 5.41) is 27.3. The SMILES string of the molecule is CNC(=O)CC[C@H](CC(=O)COCCOCCNC(=O)CCCS(=O)(=O)NC(=O)CCCc1nn[nH]n1)C(=O)O. The number of aromatic amines is 1. The molecule has 0 aliphatic heterocycles. The lowest BCUT2D eigenvalue weighted by Gasteiger charge is -2.11. The van der Waals surface area contributed by atoms with Crippen LogP contribution in [0, 0.1) is 5.92 Å². The number of aromatic nitrogens is 4. The first-order valence-electron chi connectivity index (χ1n) is 12.6. The molecule has 0 saturated heterocycles. The molecule has 0 aliphatic carbocycles. The number of Topliss-reactive ketones (excluding diaryl/α,β-unsaturated/α-hetero) is 1. The highest BCUT2D eigenvalue weighted by atomic mass is 32.2. The topological polar surface area (TPSA) is 249 Å². The molecule has 3 amide bonds.